The predicted molar refractivity (Wildman–Crippen MR) is 247 cm³/mol. The minimum atomic E-state index is -0.837. The maximum atomic E-state index is 12.7. The summed E-state index contributed by atoms with van der Waals surface area (Å²) in [5.74, 6) is -1.09. The molecule has 6 heteroatoms. The first kappa shape index (κ1) is 54.6. The molecule has 0 aliphatic carbocycles. The summed E-state index contributed by atoms with van der Waals surface area (Å²) < 4.78 is 16.6. The smallest absolute Gasteiger partial charge is 0.306 e. The molecule has 0 aromatic rings. The lowest BCUT2D eigenvalue weighted by molar-refractivity contribution is -0.166. The molecule has 0 N–H and O–H groups in total. The maximum absolute atomic E-state index is 12.7. The molecule has 6 nitrogen and oxygen atoms in total. The number of unbranched alkanes of at least 4 members (excludes halogenated alkanes) is 16. The first-order valence-corrected chi connectivity index (χ1v) is 23.6. The van der Waals surface area contributed by atoms with Gasteiger partial charge < -0.3 is 14.2 Å². The summed E-state index contributed by atoms with van der Waals surface area (Å²) in [5.41, 5.74) is 0. The Hall–Kier alpha value is -3.41. The Morgan fingerprint density at radius 1 is 0.362 bits per heavy atom. The van der Waals surface area contributed by atoms with Crippen LogP contribution in [0.15, 0.2) is 85.1 Å². The van der Waals surface area contributed by atoms with Crippen molar-refractivity contribution < 1.29 is 28.6 Å². The third-order valence-corrected chi connectivity index (χ3v) is 9.63. The Kier molecular flexibility index (Phi) is 43.6. The van der Waals surface area contributed by atoms with E-state index in [9.17, 15) is 14.4 Å². The van der Waals surface area contributed by atoms with Gasteiger partial charge in [-0.1, -0.05) is 183 Å². The molecule has 0 heterocycles. The van der Waals surface area contributed by atoms with Gasteiger partial charge in [0.1, 0.15) is 13.2 Å². The molecule has 1 atom stereocenters. The Morgan fingerprint density at radius 3 is 1.16 bits per heavy atom. The molecule has 0 aromatic carbocycles. The van der Waals surface area contributed by atoms with Gasteiger partial charge in [0.05, 0.1) is 0 Å². The van der Waals surface area contributed by atoms with Crippen molar-refractivity contribution in [2.24, 2.45) is 0 Å². The molecule has 0 amide bonds. The van der Waals surface area contributed by atoms with Crippen LogP contribution in [-0.2, 0) is 28.6 Å². The molecule has 58 heavy (non-hydrogen) atoms. The molecule has 1 unspecified atom stereocenters. The SMILES string of the molecule is CC/C=C/C/C=C/C/C=C/CCCCCCC(=O)OCC(COC(=O)CC/C=C/C/C=C/CCCCCCCC)OC(=O)CC/C=C/C/C=C/CCCCCCCC. The zero-order valence-electron chi connectivity index (χ0n) is 37.5. The van der Waals surface area contributed by atoms with E-state index in [4.69, 9.17) is 14.2 Å². The molecule has 0 radical (unpaired) electrons. The zero-order valence-corrected chi connectivity index (χ0v) is 37.5. The summed E-state index contributed by atoms with van der Waals surface area (Å²) in [4.78, 5) is 37.7. The number of ether oxygens (including phenoxy) is 3. The number of carbonyl (C=O) groups excluding carboxylic acids is 3. The van der Waals surface area contributed by atoms with Crippen molar-refractivity contribution in [3.8, 4) is 0 Å². The van der Waals surface area contributed by atoms with Crippen LogP contribution in [0.2, 0.25) is 0 Å². The van der Waals surface area contributed by atoms with Gasteiger partial charge in [-0.25, -0.2) is 0 Å². The van der Waals surface area contributed by atoms with Crippen LogP contribution in [0.4, 0.5) is 0 Å². The Morgan fingerprint density at radius 2 is 0.707 bits per heavy atom. The molecule has 0 aliphatic rings. The molecule has 330 valence electrons. The molecule has 0 saturated heterocycles. The average molecular weight is 807 g/mol. The van der Waals surface area contributed by atoms with Crippen LogP contribution < -0.4 is 0 Å². The van der Waals surface area contributed by atoms with Gasteiger partial charge in [-0.2, -0.15) is 0 Å². The highest BCUT2D eigenvalue weighted by atomic mass is 16.6. The van der Waals surface area contributed by atoms with E-state index in [0.29, 0.717) is 19.3 Å². The lowest BCUT2D eigenvalue weighted by Crippen LogP contribution is -2.30. The highest BCUT2D eigenvalue weighted by molar-refractivity contribution is 5.71. The third kappa shape index (κ3) is 43.7. The van der Waals surface area contributed by atoms with Gasteiger partial charge in [0.25, 0.3) is 0 Å². The van der Waals surface area contributed by atoms with Gasteiger partial charge in [0, 0.05) is 19.3 Å². The Balaban J connectivity index is 4.57. The van der Waals surface area contributed by atoms with E-state index in [1.54, 1.807) is 0 Å². The number of allylic oxidation sites excluding steroid dienone is 14. The molecule has 0 aliphatic heterocycles. The summed E-state index contributed by atoms with van der Waals surface area (Å²) in [6.45, 7) is 6.36. The van der Waals surface area contributed by atoms with Crippen molar-refractivity contribution in [2.75, 3.05) is 13.2 Å². The van der Waals surface area contributed by atoms with Crippen molar-refractivity contribution in [1.82, 2.24) is 0 Å². The van der Waals surface area contributed by atoms with E-state index >= 15 is 0 Å². The van der Waals surface area contributed by atoms with Gasteiger partial charge in [-0.15, -0.1) is 0 Å². The third-order valence-electron chi connectivity index (χ3n) is 9.63. The molecule has 0 rings (SSSR count). The molecule has 0 fully saturated rings. The number of carbonyl (C=O) groups is 3. The van der Waals surface area contributed by atoms with E-state index in [-0.39, 0.29) is 38.0 Å². The van der Waals surface area contributed by atoms with Crippen molar-refractivity contribution >= 4 is 17.9 Å². The van der Waals surface area contributed by atoms with Crippen molar-refractivity contribution in [3.63, 3.8) is 0 Å². The molecular weight excluding hydrogens is 721 g/mol. The normalized spacial score (nSPS) is 12.8. The lowest BCUT2D eigenvalue weighted by atomic mass is 10.1. The number of hydrogen-bond donors (Lipinski definition) is 0. The molecule has 0 bridgehead atoms. The molecule has 0 saturated carbocycles. The maximum Gasteiger partial charge on any atom is 0.306 e. The number of rotatable bonds is 41. The van der Waals surface area contributed by atoms with Crippen LogP contribution in [0.3, 0.4) is 0 Å². The molecule has 0 aromatic heterocycles. The van der Waals surface area contributed by atoms with Crippen molar-refractivity contribution in [3.05, 3.63) is 85.1 Å². The van der Waals surface area contributed by atoms with Crippen LogP contribution in [-0.4, -0.2) is 37.2 Å². The Labute approximate surface area is 356 Å². The summed E-state index contributed by atoms with van der Waals surface area (Å²) in [6, 6.07) is 0. The quantitative estimate of drug-likeness (QED) is 0.0265. The van der Waals surface area contributed by atoms with Gasteiger partial charge in [-0.05, 0) is 89.9 Å². The monoisotopic (exact) mass is 807 g/mol. The minimum Gasteiger partial charge on any atom is -0.462 e. The van der Waals surface area contributed by atoms with Crippen LogP contribution in [0.25, 0.3) is 0 Å². The molecule has 0 spiro atoms. The van der Waals surface area contributed by atoms with Crippen molar-refractivity contribution in [1.29, 1.82) is 0 Å². The van der Waals surface area contributed by atoms with Gasteiger partial charge in [-0.3, -0.25) is 14.4 Å². The van der Waals surface area contributed by atoms with E-state index in [1.807, 2.05) is 12.2 Å². The molecular formula is C52H86O6. The highest BCUT2D eigenvalue weighted by Gasteiger charge is 2.19. The summed E-state index contributed by atoms with van der Waals surface area (Å²) in [6.07, 6.45) is 58.8. The second-order valence-corrected chi connectivity index (χ2v) is 15.3. The van der Waals surface area contributed by atoms with Gasteiger partial charge >= 0.3 is 17.9 Å². The van der Waals surface area contributed by atoms with Crippen LogP contribution in [0, 0.1) is 0 Å². The van der Waals surface area contributed by atoms with Gasteiger partial charge in [0.2, 0.25) is 0 Å². The lowest BCUT2D eigenvalue weighted by Gasteiger charge is -2.18. The first-order valence-electron chi connectivity index (χ1n) is 23.6. The van der Waals surface area contributed by atoms with E-state index in [2.05, 4.69) is 93.7 Å². The van der Waals surface area contributed by atoms with Crippen LogP contribution in [0.5, 0.6) is 0 Å². The van der Waals surface area contributed by atoms with Crippen LogP contribution >= 0.6 is 0 Å². The highest BCUT2D eigenvalue weighted by Crippen LogP contribution is 2.11. The summed E-state index contributed by atoms with van der Waals surface area (Å²) >= 11 is 0. The zero-order chi connectivity index (χ0) is 42.3. The second kappa shape index (κ2) is 46.3. The van der Waals surface area contributed by atoms with Gasteiger partial charge in [0.15, 0.2) is 6.10 Å². The standard InChI is InChI=1S/C52H86O6/c1-4-7-10-13-16-19-22-25-28-30-33-36-39-42-45-51(54)57-48-49(58-52(55)46-43-40-37-34-31-27-24-21-18-15-12-9-6-3)47-56-50(53)44-41-38-35-32-29-26-23-20-17-14-11-8-5-2/h7,10,16,19,25-29,31,35,37-38,40,49H,4-6,8-9,11-15,17-18,20-24,30,32-34,36,39,41-48H2,1-3H3/b10-7+,19-16+,28-25+,29-26+,31-27+,38-35+,40-37+. The number of esters is 3. The fourth-order valence-electron chi connectivity index (χ4n) is 6.09. The minimum absolute atomic E-state index is 0.129. The average Bonchev–Trinajstić information content (AvgIpc) is 3.22. The van der Waals surface area contributed by atoms with Crippen LogP contribution in [0.1, 0.15) is 207 Å². The fraction of sp³-hybridized carbons (Fsp3) is 0.673. The number of hydrogen-bond acceptors (Lipinski definition) is 6. The van der Waals surface area contributed by atoms with E-state index in [0.717, 1.165) is 77.0 Å². The second-order valence-electron chi connectivity index (χ2n) is 15.3. The summed E-state index contributed by atoms with van der Waals surface area (Å²) in [7, 11) is 0. The topological polar surface area (TPSA) is 78.9 Å². The summed E-state index contributed by atoms with van der Waals surface area (Å²) in [5, 5.41) is 0. The first-order chi connectivity index (χ1) is 28.5. The van der Waals surface area contributed by atoms with Crippen molar-refractivity contribution in [2.45, 2.75) is 213 Å². The Bertz CT molecular complexity index is 1160. The van der Waals surface area contributed by atoms with E-state index in [1.165, 1.54) is 77.0 Å². The fourth-order valence-corrected chi connectivity index (χ4v) is 6.09. The largest absolute Gasteiger partial charge is 0.462 e. The van der Waals surface area contributed by atoms with E-state index < -0.39 is 12.1 Å². The predicted octanol–water partition coefficient (Wildman–Crippen LogP) is 15.3.